The summed E-state index contributed by atoms with van der Waals surface area (Å²) in [6.45, 7) is 0. The summed E-state index contributed by atoms with van der Waals surface area (Å²) in [5.41, 5.74) is 28.4. The van der Waals surface area contributed by atoms with Crippen molar-refractivity contribution in [3.05, 3.63) is 241 Å². The summed E-state index contributed by atoms with van der Waals surface area (Å²) in [5.74, 6) is 5.30. The van der Waals surface area contributed by atoms with Crippen LogP contribution in [0.3, 0.4) is 0 Å². The van der Waals surface area contributed by atoms with Crippen LogP contribution in [0.25, 0.3) is 165 Å². The fourth-order valence-corrected chi connectivity index (χ4v) is 22.0. The Balaban J connectivity index is 0.823. The molecule has 4 unspecified atom stereocenters. The van der Waals surface area contributed by atoms with Crippen LogP contribution in [0.15, 0.2) is 219 Å². The predicted octanol–water partition coefficient (Wildman–Crippen LogP) is 22.8. The third kappa shape index (κ3) is 6.52. The Labute approximate surface area is 542 Å². The monoisotopic (exact) mass is 1200 g/mol. The molecule has 0 aliphatic heterocycles. The van der Waals surface area contributed by atoms with E-state index in [0.29, 0.717) is 23.7 Å². The average molecular weight is 1210 g/mol. The standard InChI is InChI=1S/C88H64N6/c1-3-13-51(14-4-1)53-17-11-19-61(35-53)91-73-23-9-7-21-63(73)65-41-77-67(43-75(65)91)69-37-55(39-71-83-79(93(77)87(69)71)45-89-85-59-31-47-25-48(32-59)28-57(27-47)81(83)85)56-38-70-68-44-76-66(64-22-8-10-24-74(64)92(76)62-20-12-18-54(36-62)52-15-5-2-6-16-52)42-78(68)94-80-46-90-86-60-33-49-26-50(34-60)30-58(29-49)82(86)84(80)72(40-56)88(70)94/h1-24,35-50,57-60H,25-34H2. The van der Waals surface area contributed by atoms with Crippen molar-refractivity contribution in [3.8, 4) is 44.8 Å². The number of hydrogen-bond donors (Lipinski definition) is 0. The molecule has 10 aromatic carbocycles. The summed E-state index contributed by atoms with van der Waals surface area (Å²) in [5, 5.41) is 16.0. The molecule has 446 valence electrons. The minimum absolute atomic E-state index is 0.530. The van der Waals surface area contributed by atoms with Gasteiger partial charge in [0.05, 0.1) is 67.6 Å². The van der Waals surface area contributed by atoms with Gasteiger partial charge >= 0.3 is 0 Å². The number of rotatable bonds is 5. The van der Waals surface area contributed by atoms with E-state index in [2.05, 4.69) is 237 Å². The molecular weight excluding hydrogens is 1140 g/mol. The first kappa shape index (κ1) is 50.3. The molecule has 8 bridgehead atoms. The number of nitrogens with zero attached hydrogens (tertiary/aromatic N) is 6. The second-order valence-corrected chi connectivity index (χ2v) is 30.1. The molecule has 18 aromatic rings. The van der Waals surface area contributed by atoms with E-state index < -0.39 is 0 Å². The van der Waals surface area contributed by atoms with Gasteiger partial charge in [0, 0.05) is 99.2 Å². The van der Waals surface area contributed by atoms with Crippen molar-refractivity contribution < 1.29 is 0 Å². The lowest BCUT2D eigenvalue weighted by Gasteiger charge is -2.38. The second kappa shape index (κ2) is 17.9. The largest absolute Gasteiger partial charge is 0.309 e. The van der Waals surface area contributed by atoms with Gasteiger partial charge in [-0.2, -0.15) is 0 Å². The minimum atomic E-state index is 0.530. The molecule has 8 aliphatic rings. The third-order valence-electron chi connectivity index (χ3n) is 25.2. The Bertz CT molecular complexity index is 5960. The van der Waals surface area contributed by atoms with Crippen LogP contribution in [-0.4, -0.2) is 27.9 Å². The highest BCUT2D eigenvalue weighted by Crippen LogP contribution is 2.61. The first-order valence-corrected chi connectivity index (χ1v) is 35.0. The van der Waals surface area contributed by atoms with Crippen LogP contribution in [0, 0.1) is 23.7 Å². The highest BCUT2D eigenvalue weighted by molar-refractivity contribution is 6.30. The maximum absolute atomic E-state index is 5.70. The molecule has 0 saturated heterocycles. The fraction of sp³-hybridized carbons (Fsp3) is 0.205. The molecular formula is C88H64N6. The number of para-hydroxylation sites is 2. The maximum Gasteiger partial charge on any atom is 0.0728 e. The van der Waals surface area contributed by atoms with Gasteiger partial charge in [-0.15, -0.1) is 0 Å². The number of hydrogen-bond acceptors (Lipinski definition) is 2. The molecule has 4 fully saturated rings. The summed E-state index contributed by atoms with van der Waals surface area (Å²) >= 11 is 0. The van der Waals surface area contributed by atoms with Crippen LogP contribution in [0.4, 0.5) is 0 Å². The molecule has 0 spiro atoms. The van der Waals surface area contributed by atoms with E-state index in [-0.39, 0.29) is 0 Å². The number of fused-ring (bicyclic) bond motifs is 18. The first-order valence-electron chi connectivity index (χ1n) is 35.0. The Morgan fingerprint density at radius 3 is 1.07 bits per heavy atom. The first-order chi connectivity index (χ1) is 46.5. The van der Waals surface area contributed by atoms with Gasteiger partial charge in [-0.25, -0.2) is 0 Å². The van der Waals surface area contributed by atoms with Crippen molar-refractivity contribution in [1.29, 1.82) is 0 Å². The molecule has 0 amide bonds. The van der Waals surface area contributed by atoms with Gasteiger partial charge in [0.1, 0.15) is 0 Å². The lowest BCUT2D eigenvalue weighted by atomic mass is 9.67. The Kier molecular flexibility index (Phi) is 9.57. The average Bonchev–Trinajstić information content (AvgIpc) is 1.52. The van der Waals surface area contributed by atoms with Crippen LogP contribution < -0.4 is 0 Å². The smallest absolute Gasteiger partial charge is 0.0728 e. The zero-order valence-electron chi connectivity index (χ0n) is 52.2. The quantitative estimate of drug-likeness (QED) is 0.172. The molecule has 8 aromatic heterocycles. The summed E-state index contributed by atoms with van der Waals surface area (Å²) < 4.78 is 10.4. The van der Waals surface area contributed by atoms with Crippen LogP contribution in [0.1, 0.15) is 110 Å². The van der Waals surface area contributed by atoms with Gasteiger partial charge in [0.25, 0.3) is 0 Å². The highest BCUT2D eigenvalue weighted by Gasteiger charge is 2.46. The van der Waals surface area contributed by atoms with Gasteiger partial charge in [-0.3, -0.25) is 9.97 Å². The molecule has 6 heteroatoms. The van der Waals surface area contributed by atoms with E-state index >= 15 is 0 Å². The van der Waals surface area contributed by atoms with Crippen LogP contribution in [-0.2, 0) is 0 Å². The molecule has 0 N–H and O–H groups in total. The Hall–Kier alpha value is -10.3. The topological polar surface area (TPSA) is 44.5 Å². The van der Waals surface area contributed by atoms with Crippen LogP contribution >= 0.6 is 0 Å². The van der Waals surface area contributed by atoms with Gasteiger partial charge in [-0.1, -0.05) is 121 Å². The van der Waals surface area contributed by atoms with Crippen molar-refractivity contribution in [1.82, 2.24) is 27.9 Å². The number of pyridine rings is 2. The molecule has 26 rings (SSSR count). The van der Waals surface area contributed by atoms with E-state index in [1.165, 1.54) is 240 Å². The Morgan fingerprint density at radius 2 is 0.628 bits per heavy atom. The van der Waals surface area contributed by atoms with E-state index in [4.69, 9.17) is 9.97 Å². The normalized spacial score (nSPS) is 22.3. The predicted molar refractivity (Wildman–Crippen MR) is 387 cm³/mol. The van der Waals surface area contributed by atoms with E-state index in [9.17, 15) is 0 Å². The van der Waals surface area contributed by atoms with E-state index in [1.807, 2.05) is 0 Å². The summed E-state index contributed by atoms with van der Waals surface area (Å²) in [6.07, 6.45) is 17.8. The zero-order valence-corrected chi connectivity index (χ0v) is 52.2. The van der Waals surface area contributed by atoms with Crippen molar-refractivity contribution >= 4 is 120 Å². The molecule has 94 heavy (non-hydrogen) atoms. The number of aromatic nitrogens is 6. The third-order valence-corrected chi connectivity index (χ3v) is 25.2. The van der Waals surface area contributed by atoms with E-state index in [1.54, 1.807) is 11.1 Å². The zero-order chi connectivity index (χ0) is 60.5. The lowest BCUT2D eigenvalue weighted by molar-refractivity contribution is 0.165. The summed E-state index contributed by atoms with van der Waals surface area (Å²) in [4.78, 5) is 11.4. The molecule has 8 aliphatic carbocycles. The highest BCUT2D eigenvalue weighted by atomic mass is 15.0. The lowest BCUT2D eigenvalue weighted by Crippen LogP contribution is -2.25. The molecule has 0 radical (unpaired) electrons. The number of benzene rings is 10. The Morgan fingerprint density at radius 1 is 0.255 bits per heavy atom. The SMILES string of the molecule is c1ccc(-c2cccc(-n3c4ccccc4c4cc5c(cc43)c3cc(-c4cc6c7cc8c(cc7n7c9cnc%10c(c9c(c4)c67)C4CC6CC(CC%10C6)C4)c4ccccc4n8-c4cccc(-c6ccccc6)c4)cc4c6c7c(ncc6n5c34)C3CC4CC(C3)CC7C4)c2)cc1. The fourth-order valence-electron chi connectivity index (χ4n) is 22.0. The van der Waals surface area contributed by atoms with Crippen LogP contribution in [0.2, 0.25) is 0 Å². The molecule has 6 nitrogen and oxygen atoms in total. The van der Waals surface area contributed by atoms with Crippen molar-refractivity contribution in [2.45, 2.75) is 87.9 Å². The minimum Gasteiger partial charge on any atom is -0.309 e. The molecule has 8 heterocycles. The maximum atomic E-state index is 5.70. The van der Waals surface area contributed by atoms with E-state index in [0.717, 1.165) is 23.7 Å². The molecule has 4 atom stereocenters. The second-order valence-electron chi connectivity index (χ2n) is 30.1. The van der Waals surface area contributed by atoms with Crippen molar-refractivity contribution in [2.75, 3.05) is 0 Å². The summed E-state index contributed by atoms with van der Waals surface area (Å²) in [6, 6.07) is 79.0. The van der Waals surface area contributed by atoms with Crippen molar-refractivity contribution in [2.24, 2.45) is 23.7 Å². The van der Waals surface area contributed by atoms with Crippen LogP contribution in [0.5, 0.6) is 0 Å². The van der Waals surface area contributed by atoms with Gasteiger partial charge in [-0.05, 0) is 229 Å². The van der Waals surface area contributed by atoms with Gasteiger partial charge in [0.15, 0.2) is 0 Å². The van der Waals surface area contributed by atoms with Gasteiger partial charge in [0.2, 0.25) is 0 Å². The molecule has 4 saturated carbocycles. The van der Waals surface area contributed by atoms with Gasteiger partial charge < -0.3 is 17.9 Å². The van der Waals surface area contributed by atoms with Crippen molar-refractivity contribution in [3.63, 3.8) is 0 Å². The summed E-state index contributed by atoms with van der Waals surface area (Å²) in [7, 11) is 0.